The molecule has 0 atom stereocenters. The molecule has 0 bridgehead atoms. The second kappa shape index (κ2) is 5.37. The van der Waals surface area contributed by atoms with Crippen LogP contribution in [-0.2, 0) is 7.05 Å². The van der Waals surface area contributed by atoms with Gasteiger partial charge in [-0.2, -0.15) is 4.80 Å². The first-order chi connectivity index (χ1) is 9.83. The Morgan fingerprint density at radius 1 is 0.900 bits per heavy atom. The molecule has 2 aromatic carbocycles. The van der Waals surface area contributed by atoms with E-state index in [0.29, 0.717) is 5.82 Å². The van der Waals surface area contributed by atoms with E-state index in [1.807, 2.05) is 54.6 Å². The topological polar surface area (TPSA) is 43.6 Å². The van der Waals surface area contributed by atoms with Crippen molar-refractivity contribution in [3.05, 3.63) is 65.7 Å². The molecule has 0 aliphatic carbocycles. The van der Waals surface area contributed by atoms with Crippen LogP contribution in [0.5, 0.6) is 0 Å². The second-order valence-corrected chi connectivity index (χ2v) is 4.26. The van der Waals surface area contributed by atoms with Crippen molar-refractivity contribution in [1.29, 1.82) is 0 Å². The Kier molecular flexibility index (Phi) is 3.25. The smallest absolute Gasteiger partial charge is 0.167 e. The first-order valence-electron chi connectivity index (χ1n) is 6.23. The van der Waals surface area contributed by atoms with Crippen LogP contribution in [0.25, 0.3) is 11.4 Å². The highest BCUT2D eigenvalue weighted by Crippen LogP contribution is 2.18. The van der Waals surface area contributed by atoms with Crippen molar-refractivity contribution in [3.8, 4) is 23.2 Å². The van der Waals surface area contributed by atoms with E-state index in [1.54, 1.807) is 7.05 Å². The molecule has 96 valence electrons. The van der Waals surface area contributed by atoms with Crippen LogP contribution in [0.2, 0.25) is 0 Å². The number of benzene rings is 2. The number of aryl methyl sites for hydroxylation is 1. The summed E-state index contributed by atoms with van der Waals surface area (Å²) in [6, 6.07) is 17.7. The predicted molar refractivity (Wildman–Crippen MR) is 76.7 cm³/mol. The Labute approximate surface area is 117 Å². The quantitative estimate of drug-likeness (QED) is 0.630. The number of nitrogens with zero attached hydrogens (tertiary/aromatic N) is 4. The third kappa shape index (κ3) is 2.57. The van der Waals surface area contributed by atoms with E-state index in [2.05, 4.69) is 27.3 Å². The molecule has 0 fully saturated rings. The van der Waals surface area contributed by atoms with Gasteiger partial charge in [0.1, 0.15) is 0 Å². The molecule has 0 radical (unpaired) electrons. The van der Waals surface area contributed by atoms with Gasteiger partial charge >= 0.3 is 0 Å². The molecule has 0 aliphatic rings. The van der Waals surface area contributed by atoms with Gasteiger partial charge in [0.2, 0.25) is 5.82 Å². The van der Waals surface area contributed by atoms with Crippen LogP contribution in [0.4, 0.5) is 0 Å². The summed E-state index contributed by atoms with van der Waals surface area (Å²) in [5.41, 5.74) is 2.77. The molecule has 1 aromatic heterocycles. The summed E-state index contributed by atoms with van der Waals surface area (Å²) in [5.74, 6) is 6.90. The van der Waals surface area contributed by atoms with Gasteiger partial charge in [-0.3, -0.25) is 0 Å². The molecule has 4 heteroatoms. The SMILES string of the molecule is Cn1nnc(-c2ccccc2C#Cc2ccccc2)n1. The van der Waals surface area contributed by atoms with Crippen LogP contribution in [0.3, 0.4) is 0 Å². The molecule has 0 saturated heterocycles. The average molecular weight is 260 g/mol. The first-order valence-corrected chi connectivity index (χ1v) is 6.23. The van der Waals surface area contributed by atoms with E-state index in [9.17, 15) is 0 Å². The molecule has 3 aromatic rings. The summed E-state index contributed by atoms with van der Waals surface area (Å²) in [7, 11) is 1.74. The first kappa shape index (κ1) is 12.1. The summed E-state index contributed by atoms with van der Waals surface area (Å²) >= 11 is 0. The van der Waals surface area contributed by atoms with Crippen LogP contribution in [0, 0.1) is 11.8 Å². The highest BCUT2D eigenvalue weighted by molar-refractivity contribution is 5.65. The average Bonchev–Trinajstić information content (AvgIpc) is 2.93. The fourth-order valence-corrected chi connectivity index (χ4v) is 1.84. The predicted octanol–water partition coefficient (Wildman–Crippen LogP) is 2.28. The van der Waals surface area contributed by atoms with Gasteiger partial charge < -0.3 is 0 Å². The van der Waals surface area contributed by atoms with Crippen LogP contribution >= 0.6 is 0 Å². The zero-order valence-corrected chi connectivity index (χ0v) is 11.0. The molecule has 0 spiro atoms. The van der Waals surface area contributed by atoms with Gasteiger partial charge in [-0.15, -0.1) is 10.2 Å². The van der Waals surface area contributed by atoms with Gasteiger partial charge in [0.15, 0.2) is 0 Å². The molecule has 0 unspecified atom stereocenters. The van der Waals surface area contributed by atoms with E-state index < -0.39 is 0 Å². The van der Waals surface area contributed by atoms with Crippen molar-refractivity contribution in [1.82, 2.24) is 20.2 Å². The lowest BCUT2D eigenvalue weighted by Crippen LogP contribution is -1.92. The highest BCUT2D eigenvalue weighted by Gasteiger charge is 2.07. The third-order valence-electron chi connectivity index (χ3n) is 2.79. The maximum Gasteiger partial charge on any atom is 0.206 e. The van der Waals surface area contributed by atoms with Crippen LogP contribution in [0.15, 0.2) is 54.6 Å². The zero-order chi connectivity index (χ0) is 13.8. The summed E-state index contributed by atoms with van der Waals surface area (Å²) in [6.45, 7) is 0. The maximum atomic E-state index is 4.22. The highest BCUT2D eigenvalue weighted by atomic mass is 15.6. The molecular weight excluding hydrogens is 248 g/mol. The molecular formula is C16H12N4. The Balaban J connectivity index is 2.01. The largest absolute Gasteiger partial charge is 0.206 e. The van der Waals surface area contributed by atoms with Gasteiger partial charge in [0.05, 0.1) is 7.05 Å². The minimum atomic E-state index is 0.588. The van der Waals surface area contributed by atoms with Gasteiger partial charge in [-0.25, -0.2) is 0 Å². The zero-order valence-electron chi connectivity index (χ0n) is 11.0. The Bertz CT molecular complexity index is 779. The molecule has 4 nitrogen and oxygen atoms in total. The Morgan fingerprint density at radius 2 is 1.65 bits per heavy atom. The fraction of sp³-hybridized carbons (Fsp3) is 0.0625. The second-order valence-electron chi connectivity index (χ2n) is 4.26. The van der Waals surface area contributed by atoms with Crippen molar-refractivity contribution >= 4 is 0 Å². The lowest BCUT2D eigenvalue weighted by atomic mass is 10.1. The minimum absolute atomic E-state index is 0.588. The number of rotatable bonds is 1. The third-order valence-corrected chi connectivity index (χ3v) is 2.79. The maximum absolute atomic E-state index is 4.22. The van der Waals surface area contributed by atoms with Gasteiger partial charge in [-0.05, 0) is 29.5 Å². The van der Waals surface area contributed by atoms with E-state index in [1.165, 1.54) is 4.80 Å². The minimum Gasteiger partial charge on any atom is -0.167 e. The lowest BCUT2D eigenvalue weighted by Gasteiger charge is -1.98. The van der Waals surface area contributed by atoms with Gasteiger partial charge in [-0.1, -0.05) is 42.2 Å². The van der Waals surface area contributed by atoms with Crippen LogP contribution in [-0.4, -0.2) is 20.2 Å². The number of tetrazole rings is 1. The van der Waals surface area contributed by atoms with Crippen molar-refractivity contribution in [3.63, 3.8) is 0 Å². The van der Waals surface area contributed by atoms with Crippen molar-refractivity contribution < 1.29 is 0 Å². The van der Waals surface area contributed by atoms with Crippen molar-refractivity contribution in [2.75, 3.05) is 0 Å². The summed E-state index contributed by atoms with van der Waals surface area (Å²) < 4.78 is 0. The Hall–Kier alpha value is -2.93. The summed E-state index contributed by atoms with van der Waals surface area (Å²) in [6.07, 6.45) is 0. The normalized spacial score (nSPS) is 9.85. The van der Waals surface area contributed by atoms with Crippen molar-refractivity contribution in [2.45, 2.75) is 0 Å². The number of hydrogen-bond acceptors (Lipinski definition) is 3. The van der Waals surface area contributed by atoms with Gasteiger partial charge in [0.25, 0.3) is 0 Å². The van der Waals surface area contributed by atoms with Crippen molar-refractivity contribution in [2.24, 2.45) is 7.05 Å². The summed E-state index contributed by atoms with van der Waals surface area (Å²) in [4.78, 5) is 1.44. The molecule has 3 rings (SSSR count). The number of aromatic nitrogens is 4. The van der Waals surface area contributed by atoms with Crippen LogP contribution in [0.1, 0.15) is 11.1 Å². The van der Waals surface area contributed by atoms with E-state index in [4.69, 9.17) is 0 Å². The molecule has 0 amide bonds. The summed E-state index contributed by atoms with van der Waals surface area (Å²) in [5, 5.41) is 12.1. The molecule has 0 saturated carbocycles. The van der Waals surface area contributed by atoms with E-state index in [0.717, 1.165) is 16.7 Å². The molecule has 0 aliphatic heterocycles. The van der Waals surface area contributed by atoms with Crippen LogP contribution < -0.4 is 0 Å². The monoisotopic (exact) mass is 260 g/mol. The molecule has 0 N–H and O–H groups in total. The van der Waals surface area contributed by atoms with E-state index in [-0.39, 0.29) is 0 Å². The molecule has 20 heavy (non-hydrogen) atoms. The molecule has 1 heterocycles. The Morgan fingerprint density at radius 3 is 2.40 bits per heavy atom. The standard InChI is InChI=1S/C16H12N4/c1-20-18-16(17-19-20)15-10-6-5-9-14(15)12-11-13-7-3-2-4-8-13/h2-10H,1H3. The number of hydrogen-bond donors (Lipinski definition) is 0. The lowest BCUT2D eigenvalue weighted by molar-refractivity contribution is 0.630. The van der Waals surface area contributed by atoms with E-state index >= 15 is 0 Å². The fourth-order valence-electron chi connectivity index (χ4n) is 1.84. The van der Waals surface area contributed by atoms with Gasteiger partial charge in [0, 0.05) is 16.7 Å².